The minimum absolute atomic E-state index is 0.118. The number of nitrogens with zero attached hydrogens (tertiary/aromatic N) is 1. The van der Waals surface area contributed by atoms with E-state index in [1.165, 1.54) is 7.11 Å². The average Bonchev–Trinajstić information content (AvgIpc) is 2.54. The second-order valence-corrected chi connectivity index (χ2v) is 5.07. The molecule has 2 N–H and O–H groups in total. The number of unbranched alkanes of at least 4 members (excludes halogenated alkanes) is 4. The monoisotopic (exact) mass is 315 g/mol. The van der Waals surface area contributed by atoms with Gasteiger partial charge < -0.3 is 20.1 Å². The molecule has 0 aromatic carbocycles. The van der Waals surface area contributed by atoms with Gasteiger partial charge in [-0.15, -0.1) is 0 Å². The first kappa shape index (κ1) is 20.7. The highest BCUT2D eigenvalue weighted by molar-refractivity contribution is 5.79. The fourth-order valence-electron chi connectivity index (χ4n) is 1.96. The molecule has 0 saturated heterocycles. The second-order valence-electron chi connectivity index (χ2n) is 5.07. The zero-order chi connectivity index (χ0) is 16.5. The molecule has 0 saturated carbocycles. The Morgan fingerprint density at radius 2 is 1.64 bits per heavy atom. The topological polar surface area (TPSA) is 72.0 Å². The Hall–Kier alpha value is -1.30. The van der Waals surface area contributed by atoms with Crippen LogP contribution in [0.15, 0.2) is 4.99 Å². The molecule has 0 radical (unpaired) electrons. The maximum absolute atomic E-state index is 10.9. The van der Waals surface area contributed by atoms with Crippen LogP contribution < -0.4 is 10.6 Å². The van der Waals surface area contributed by atoms with Crippen molar-refractivity contribution < 1.29 is 14.3 Å². The van der Waals surface area contributed by atoms with Gasteiger partial charge >= 0.3 is 5.97 Å². The number of guanidine groups is 1. The Morgan fingerprint density at radius 3 is 2.23 bits per heavy atom. The number of rotatable bonds is 13. The van der Waals surface area contributed by atoms with Crippen LogP contribution in [0.3, 0.4) is 0 Å². The van der Waals surface area contributed by atoms with E-state index in [2.05, 4.69) is 20.4 Å². The van der Waals surface area contributed by atoms with Gasteiger partial charge in [0.05, 0.1) is 7.11 Å². The van der Waals surface area contributed by atoms with Crippen molar-refractivity contribution in [2.75, 3.05) is 40.5 Å². The van der Waals surface area contributed by atoms with Gasteiger partial charge in [0.2, 0.25) is 0 Å². The second kappa shape index (κ2) is 16.1. The Kier molecular flexibility index (Phi) is 15.1. The molecule has 0 unspecified atom stereocenters. The lowest BCUT2D eigenvalue weighted by atomic mass is 10.1. The smallest absolute Gasteiger partial charge is 0.305 e. The molecular weight excluding hydrogens is 282 g/mol. The molecule has 0 aliphatic rings. The number of hydrogen-bond donors (Lipinski definition) is 2. The Balaban J connectivity index is 3.41. The highest BCUT2D eigenvalue weighted by Gasteiger charge is 2.00. The van der Waals surface area contributed by atoms with Gasteiger partial charge in [-0.05, 0) is 32.6 Å². The summed E-state index contributed by atoms with van der Waals surface area (Å²) in [6, 6.07) is 0. The van der Waals surface area contributed by atoms with E-state index in [-0.39, 0.29) is 5.97 Å². The minimum Gasteiger partial charge on any atom is -0.469 e. The third-order valence-corrected chi connectivity index (χ3v) is 3.26. The minimum atomic E-state index is -0.118. The first-order valence-electron chi connectivity index (χ1n) is 8.33. The standard InChI is InChI=1S/C16H33N3O3/c1-4-22-14-10-9-13-19-16(17-2)18-12-8-6-5-7-11-15(20)21-3/h4-14H2,1-3H3,(H2,17,18,19). The number of nitrogens with one attached hydrogen (secondary N) is 2. The van der Waals surface area contributed by atoms with Gasteiger partial charge in [0.25, 0.3) is 0 Å². The number of carbonyl (C=O) groups is 1. The van der Waals surface area contributed by atoms with Crippen LogP contribution in [0.2, 0.25) is 0 Å². The number of hydrogen-bond acceptors (Lipinski definition) is 4. The lowest BCUT2D eigenvalue weighted by Crippen LogP contribution is -2.38. The maximum atomic E-state index is 10.9. The number of esters is 1. The summed E-state index contributed by atoms with van der Waals surface area (Å²) in [5.74, 6) is 0.734. The van der Waals surface area contributed by atoms with Gasteiger partial charge in [-0.2, -0.15) is 0 Å². The van der Waals surface area contributed by atoms with Gasteiger partial charge in [-0.1, -0.05) is 12.8 Å². The van der Waals surface area contributed by atoms with E-state index >= 15 is 0 Å². The molecule has 0 bridgehead atoms. The van der Waals surface area contributed by atoms with Crippen LogP contribution in [0, 0.1) is 0 Å². The van der Waals surface area contributed by atoms with Crippen LogP contribution in [0.4, 0.5) is 0 Å². The molecule has 6 nitrogen and oxygen atoms in total. The van der Waals surface area contributed by atoms with Crippen LogP contribution >= 0.6 is 0 Å². The SMILES string of the molecule is CCOCCCCNC(=NC)NCCCCCCC(=O)OC. The largest absolute Gasteiger partial charge is 0.469 e. The molecular formula is C16H33N3O3. The summed E-state index contributed by atoms with van der Waals surface area (Å²) in [5.41, 5.74) is 0. The summed E-state index contributed by atoms with van der Waals surface area (Å²) in [6.07, 6.45) is 6.81. The first-order chi connectivity index (χ1) is 10.7. The molecule has 0 spiro atoms. The number of methoxy groups -OCH3 is 1. The van der Waals surface area contributed by atoms with Gasteiger partial charge in [-0.3, -0.25) is 9.79 Å². The molecule has 0 amide bonds. The quantitative estimate of drug-likeness (QED) is 0.236. The van der Waals surface area contributed by atoms with Gasteiger partial charge in [0.15, 0.2) is 5.96 Å². The van der Waals surface area contributed by atoms with Crippen LogP contribution in [0.5, 0.6) is 0 Å². The lowest BCUT2D eigenvalue weighted by Gasteiger charge is -2.11. The Labute approximate surface area is 135 Å². The zero-order valence-corrected chi connectivity index (χ0v) is 14.5. The molecule has 0 fully saturated rings. The summed E-state index contributed by atoms with van der Waals surface area (Å²) >= 11 is 0. The fraction of sp³-hybridized carbons (Fsp3) is 0.875. The van der Waals surface area contributed by atoms with Gasteiger partial charge in [-0.25, -0.2) is 0 Å². The van der Waals surface area contributed by atoms with Crippen molar-refractivity contribution in [3.8, 4) is 0 Å². The first-order valence-corrected chi connectivity index (χ1v) is 8.33. The highest BCUT2D eigenvalue weighted by atomic mass is 16.5. The molecule has 130 valence electrons. The average molecular weight is 315 g/mol. The summed E-state index contributed by atoms with van der Waals surface area (Å²) in [5, 5.41) is 6.59. The molecule has 22 heavy (non-hydrogen) atoms. The van der Waals surface area contributed by atoms with Crippen molar-refractivity contribution in [2.45, 2.75) is 51.9 Å². The number of ether oxygens (including phenoxy) is 2. The predicted molar refractivity (Wildman–Crippen MR) is 90.2 cm³/mol. The van der Waals surface area contributed by atoms with Gasteiger partial charge in [0, 0.05) is 39.8 Å². The Morgan fingerprint density at radius 1 is 1.00 bits per heavy atom. The lowest BCUT2D eigenvalue weighted by molar-refractivity contribution is -0.140. The third-order valence-electron chi connectivity index (χ3n) is 3.26. The van der Waals surface area contributed by atoms with E-state index in [1.54, 1.807) is 7.05 Å². The van der Waals surface area contributed by atoms with Crippen molar-refractivity contribution in [1.29, 1.82) is 0 Å². The summed E-state index contributed by atoms with van der Waals surface area (Å²) in [4.78, 5) is 15.1. The van der Waals surface area contributed by atoms with Gasteiger partial charge in [0.1, 0.15) is 0 Å². The molecule has 6 heteroatoms. The van der Waals surface area contributed by atoms with E-state index in [9.17, 15) is 4.79 Å². The van der Waals surface area contributed by atoms with Crippen LogP contribution in [-0.4, -0.2) is 52.4 Å². The number of aliphatic imine (C=N–C) groups is 1. The fourth-order valence-corrected chi connectivity index (χ4v) is 1.96. The predicted octanol–water partition coefficient (Wildman–Crippen LogP) is 2.09. The van der Waals surface area contributed by atoms with E-state index in [0.29, 0.717) is 6.42 Å². The molecule has 0 atom stereocenters. The third kappa shape index (κ3) is 13.7. The van der Waals surface area contributed by atoms with Crippen LogP contribution in [-0.2, 0) is 14.3 Å². The van der Waals surface area contributed by atoms with E-state index in [1.807, 2.05) is 6.92 Å². The summed E-state index contributed by atoms with van der Waals surface area (Å²) < 4.78 is 9.91. The molecule has 0 aliphatic carbocycles. The summed E-state index contributed by atoms with van der Waals surface area (Å²) in [6.45, 7) is 5.44. The van der Waals surface area contributed by atoms with E-state index in [4.69, 9.17) is 4.74 Å². The molecule has 0 aliphatic heterocycles. The summed E-state index contributed by atoms with van der Waals surface area (Å²) in [7, 11) is 3.22. The highest BCUT2D eigenvalue weighted by Crippen LogP contribution is 2.03. The number of carbonyl (C=O) groups excluding carboxylic acids is 1. The van der Waals surface area contributed by atoms with Crippen molar-refractivity contribution in [1.82, 2.24) is 10.6 Å². The van der Waals surface area contributed by atoms with Crippen molar-refractivity contribution in [3.05, 3.63) is 0 Å². The van der Waals surface area contributed by atoms with Crippen molar-refractivity contribution in [3.63, 3.8) is 0 Å². The molecule has 0 rings (SSSR count). The molecule has 0 aromatic rings. The van der Waals surface area contributed by atoms with Crippen molar-refractivity contribution >= 4 is 11.9 Å². The van der Waals surface area contributed by atoms with Crippen LogP contribution in [0.1, 0.15) is 51.9 Å². The van der Waals surface area contributed by atoms with E-state index in [0.717, 1.165) is 70.8 Å². The van der Waals surface area contributed by atoms with Crippen molar-refractivity contribution in [2.24, 2.45) is 4.99 Å². The zero-order valence-electron chi connectivity index (χ0n) is 14.5. The Bertz CT molecular complexity index is 296. The van der Waals surface area contributed by atoms with Crippen LogP contribution in [0.25, 0.3) is 0 Å². The normalized spacial score (nSPS) is 11.3. The molecule has 0 aromatic heterocycles. The maximum Gasteiger partial charge on any atom is 0.305 e. The van der Waals surface area contributed by atoms with E-state index < -0.39 is 0 Å². The molecule has 0 heterocycles.